The molecule has 0 spiro atoms. The first-order valence-corrected chi connectivity index (χ1v) is 5.06. The summed E-state index contributed by atoms with van der Waals surface area (Å²) in [5.74, 6) is 0. The minimum absolute atomic E-state index is 0. The number of benzene rings is 1. The van der Waals surface area contributed by atoms with Crippen molar-refractivity contribution in [3.8, 4) is 0 Å². The van der Waals surface area contributed by atoms with Gasteiger partial charge in [0.05, 0.1) is 4.90 Å². The number of aryl methyl sites for hydroxylation is 2. The van der Waals surface area contributed by atoms with E-state index in [4.69, 9.17) is 5.73 Å². The van der Waals surface area contributed by atoms with Gasteiger partial charge in [-0.3, -0.25) is 0 Å². The molecule has 1 aromatic carbocycles. The van der Waals surface area contributed by atoms with E-state index in [0.717, 1.165) is 5.56 Å². The molecule has 0 unspecified atom stereocenters. The first-order valence-electron chi connectivity index (χ1n) is 3.65. The van der Waals surface area contributed by atoms with Crippen molar-refractivity contribution in [2.24, 2.45) is 0 Å². The average Bonchev–Trinajstić information content (AvgIpc) is 1.94. The van der Waals surface area contributed by atoms with Gasteiger partial charge < -0.3 is 10.3 Å². The molecule has 1 aromatic rings. The Labute approximate surface area is 106 Å². The van der Waals surface area contributed by atoms with Crippen molar-refractivity contribution in [1.29, 1.82) is 0 Å². The Morgan fingerprint density at radius 1 is 1.21 bits per heavy atom. The number of nitrogen functional groups attached to an aromatic ring is 1. The minimum Gasteiger partial charge on any atom is -0.744 e. The van der Waals surface area contributed by atoms with E-state index in [2.05, 4.69) is 0 Å². The molecule has 0 saturated heterocycles. The van der Waals surface area contributed by atoms with Crippen LogP contribution < -0.4 is 35.3 Å². The SMILES string of the molecule is Cc1cc(C)c(S(=O)(=O)[O-])cc1N.[Na+]. The monoisotopic (exact) mass is 223 g/mol. The Morgan fingerprint density at radius 2 is 1.71 bits per heavy atom. The van der Waals surface area contributed by atoms with Gasteiger partial charge in [-0.15, -0.1) is 0 Å². The quantitative estimate of drug-likeness (QED) is 0.332. The maximum atomic E-state index is 10.7. The molecule has 0 aliphatic carbocycles. The molecule has 0 radical (unpaired) electrons. The second-order valence-electron chi connectivity index (χ2n) is 2.93. The van der Waals surface area contributed by atoms with E-state index >= 15 is 0 Å². The van der Waals surface area contributed by atoms with Gasteiger partial charge in [-0.25, -0.2) is 8.42 Å². The first kappa shape index (κ1) is 13.9. The molecule has 0 aliphatic heterocycles. The molecular weight excluding hydrogens is 213 g/mol. The fourth-order valence-electron chi connectivity index (χ4n) is 1.12. The van der Waals surface area contributed by atoms with Gasteiger partial charge in [0.25, 0.3) is 0 Å². The number of hydrogen-bond donors (Lipinski definition) is 1. The van der Waals surface area contributed by atoms with E-state index in [-0.39, 0.29) is 34.5 Å². The van der Waals surface area contributed by atoms with Crippen LogP contribution in [0.15, 0.2) is 17.0 Å². The summed E-state index contributed by atoms with van der Waals surface area (Å²) < 4.78 is 32.1. The van der Waals surface area contributed by atoms with E-state index < -0.39 is 10.1 Å². The van der Waals surface area contributed by atoms with Crippen molar-refractivity contribution in [2.45, 2.75) is 18.7 Å². The molecule has 72 valence electrons. The normalized spacial score (nSPS) is 10.8. The number of hydrogen-bond acceptors (Lipinski definition) is 4. The van der Waals surface area contributed by atoms with Gasteiger partial charge in [-0.1, -0.05) is 6.07 Å². The van der Waals surface area contributed by atoms with Gasteiger partial charge in [0.1, 0.15) is 10.1 Å². The summed E-state index contributed by atoms with van der Waals surface area (Å²) in [5, 5.41) is 0. The third-order valence-corrected chi connectivity index (χ3v) is 2.81. The Morgan fingerprint density at radius 3 is 2.14 bits per heavy atom. The Kier molecular flexibility index (Phi) is 4.61. The van der Waals surface area contributed by atoms with Gasteiger partial charge in [-0.2, -0.15) is 0 Å². The van der Waals surface area contributed by atoms with Crippen molar-refractivity contribution in [3.63, 3.8) is 0 Å². The summed E-state index contributed by atoms with van der Waals surface area (Å²) >= 11 is 0. The zero-order valence-corrected chi connectivity index (χ0v) is 11.2. The Bertz CT molecular complexity index is 442. The molecule has 0 aromatic heterocycles. The summed E-state index contributed by atoms with van der Waals surface area (Å²) in [6, 6.07) is 2.78. The van der Waals surface area contributed by atoms with E-state index in [1.165, 1.54) is 6.07 Å². The molecule has 6 heteroatoms. The fraction of sp³-hybridized carbons (Fsp3) is 0.250. The van der Waals surface area contributed by atoms with Crippen molar-refractivity contribution < 1.29 is 42.5 Å². The van der Waals surface area contributed by atoms with Crippen LogP contribution in [0.3, 0.4) is 0 Å². The predicted molar refractivity (Wildman–Crippen MR) is 48.3 cm³/mol. The smallest absolute Gasteiger partial charge is 0.744 e. The zero-order chi connectivity index (χ0) is 10.2. The summed E-state index contributed by atoms with van der Waals surface area (Å²) in [6.07, 6.45) is 0. The molecular formula is C8H10NNaO3S. The van der Waals surface area contributed by atoms with E-state index in [1.807, 2.05) is 0 Å². The fourth-order valence-corrected chi connectivity index (χ4v) is 1.84. The molecule has 1 rings (SSSR count). The largest absolute Gasteiger partial charge is 1.00 e. The topological polar surface area (TPSA) is 83.2 Å². The second kappa shape index (κ2) is 4.63. The zero-order valence-electron chi connectivity index (χ0n) is 8.37. The number of anilines is 1. The predicted octanol–water partition coefficient (Wildman–Crippen LogP) is -2.21. The molecule has 0 saturated carbocycles. The summed E-state index contributed by atoms with van der Waals surface area (Å²) in [4.78, 5) is -0.240. The molecule has 0 heterocycles. The number of rotatable bonds is 1. The van der Waals surface area contributed by atoms with E-state index in [0.29, 0.717) is 11.3 Å². The van der Waals surface area contributed by atoms with Crippen molar-refractivity contribution in [2.75, 3.05) is 5.73 Å². The molecule has 0 fully saturated rings. The van der Waals surface area contributed by atoms with Crippen LogP contribution in [-0.4, -0.2) is 13.0 Å². The maximum Gasteiger partial charge on any atom is 1.00 e. The van der Waals surface area contributed by atoms with Gasteiger partial charge in [0, 0.05) is 5.69 Å². The van der Waals surface area contributed by atoms with Crippen LogP contribution in [-0.2, 0) is 10.1 Å². The third kappa shape index (κ3) is 2.96. The Hall–Kier alpha value is -0.0700. The van der Waals surface area contributed by atoms with Crippen LogP contribution >= 0.6 is 0 Å². The molecule has 14 heavy (non-hydrogen) atoms. The van der Waals surface area contributed by atoms with Crippen molar-refractivity contribution >= 4 is 15.8 Å². The van der Waals surface area contributed by atoms with Crippen LogP contribution in [0.1, 0.15) is 11.1 Å². The van der Waals surface area contributed by atoms with Crippen molar-refractivity contribution in [3.05, 3.63) is 23.3 Å². The van der Waals surface area contributed by atoms with Crippen LogP contribution in [0, 0.1) is 13.8 Å². The van der Waals surface area contributed by atoms with E-state index in [1.54, 1.807) is 19.9 Å². The second-order valence-corrected chi connectivity index (χ2v) is 4.28. The van der Waals surface area contributed by atoms with Crippen LogP contribution in [0.25, 0.3) is 0 Å². The average molecular weight is 223 g/mol. The van der Waals surface area contributed by atoms with Gasteiger partial charge in [0.15, 0.2) is 0 Å². The molecule has 4 nitrogen and oxygen atoms in total. The molecule has 0 aliphatic rings. The Balaban J connectivity index is 0.00000169. The summed E-state index contributed by atoms with van der Waals surface area (Å²) in [6.45, 7) is 3.32. The van der Waals surface area contributed by atoms with Crippen LogP contribution in [0.5, 0.6) is 0 Å². The summed E-state index contributed by atoms with van der Waals surface area (Å²) in [5.41, 5.74) is 7.00. The maximum absolute atomic E-state index is 10.7. The molecule has 0 bridgehead atoms. The van der Waals surface area contributed by atoms with E-state index in [9.17, 15) is 13.0 Å². The van der Waals surface area contributed by atoms with Gasteiger partial charge in [0.2, 0.25) is 0 Å². The minimum atomic E-state index is -4.40. The van der Waals surface area contributed by atoms with Crippen LogP contribution in [0.2, 0.25) is 0 Å². The molecule has 0 amide bonds. The third-order valence-electron chi connectivity index (χ3n) is 1.83. The van der Waals surface area contributed by atoms with Crippen LogP contribution in [0.4, 0.5) is 5.69 Å². The molecule has 0 atom stereocenters. The van der Waals surface area contributed by atoms with Gasteiger partial charge >= 0.3 is 29.6 Å². The molecule has 2 N–H and O–H groups in total. The number of nitrogens with two attached hydrogens (primary N) is 1. The van der Waals surface area contributed by atoms with Crippen molar-refractivity contribution in [1.82, 2.24) is 0 Å². The first-order chi connectivity index (χ1) is 5.82. The van der Waals surface area contributed by atoms with Gasteiger partial charge in [-0.05, 0) is 31.0 Å². The summed E-state index contributed by atoms with van der Waals surface area (Å²) in [7, 11) is -4.40. The standard InChI is InChI=1S/C8H11NO3S.Na/c1-5-3-6(2)8(4-7(5)9)13(10,11)12;/h3-4H,9H2,1-2H3,(H,10,11,12);/q;+1/p-1.